The van der Waals surface area contributed by atoms with Crippen LogP contribution in [0.2, 0.25) is 5.02 Å². The van der Waals surface area contributed by atoms with E-state index in [1.165, 1.54) is 12.5 Å². The van der Waals surface area contributed by atoms with E-state index in [-0.39, 0.29) is 11.9 Å². The molecular formula is C27H28ClN3O3S. The number of fused-ring (bicyclic) bond motifs is 1. The van der Waals surface area contributed by atoms with Crippen LogP contribution in [0.1, 0.15) is 29.7 Å². The Kier molecular flexibility index (Phi) is 6.68. The second-order valence-corrected chi connectivity index (χ2v) is 11.4. The summed E-state index contributed by atoms with van der Waals surface area (Å²) in [4.78, 5) is 16.2. The minimum absolute atomic E-state index is 0.0239. The summed E-state index contributed by atoms with van der Waals surface area (Å²) in [5.74, 6) is -0.0239. The molecule has 5 rings (SSSR count). The number of carbonyl (C=O) groups excluding carboxylic acids is 1. The molecule has 6 nitrogen and oxygen atoms in total. The molecule has 35 heavy (non-hydrogen) atoms. The molecule has 0 spiro atoms. The molecule has 3 aromatic rings. The number of sulfonamides is 1. The molecule has 0 N–H and O–H groups in total. The molecule has 0 aromatic heterocycles. The van der Waals surface area contributed by atoms with Gasteiger partial charge in [0.05, 0.1) is 10.9 Å². The van der Waals surface area contributed by atoms with Crippen molar-refractivity contribution in [3.8, 4) is 0 Å². The van der Waals surface area contributed by atoms with Crippen molar-refractivity contribution in [3.63, 3.8) is 0 Å². The normalized spacial score (nSPS) is 17.8. The number of halogens is 1. The largest absolute Gasteiger partial charge is 0.312 e. The Morgan fingerprint density at radius 3 is 2.17 bits per heavy atom. The van der Waals surface area contributed by atoms with Crippen LogP contribution in [-0.4, -0.2) is 56.3 Å². The first kappa shape index (κ1) is 24.0. The number of anilines is 1. The molecule has 2 heterocycles. The van der Waals surface area contributed by atoms with Gasteiger partial charge in [0.25, 0.3) is 0 Å². The zero-order chi connectivity index (χ0) is 24.6. The van der Waals surface area contributed by atoms with Crippen LogP contribution < -0.4 is 4.90 Å². The van der Waals surface area contributed by atoms with E-state index in [9.17, 15) is 13.2 Å². The second kappa shape index (κ2) is 9.74. The summed E-state index contributed by atoms with van der Waals surface area (Å²) in [5, 5.41) is 0.692. The van der Waals surface area contributed by atoms with Crippen LogP contribution in [0.5, 0.6) is 0 Å². The first-order valence-corrected chi connectivity index (χ1v) is 13.6. The van der Waals surface area contributed by atoms with Crippen molar-refractivity contribution in [1.82, 2.24) is 9.21 Å². The Morgan fingerprint density at radius 2 is 1.51 bits per heavy atom. The average molecular weight is 510 g/mol. The third-order valence-electron chi connectivity index (χ3n) is 6.90. The molecule has 0 saturated carbocycles. The van der Waals surface area contributed by atoms with Crippen molar-refractivity contribution in [1.29, 1.82) is 0 Å². The number of hydrogen-bond donors (Lipinski definition) is 0. The SMILES string of the molecule is CC(=O)N1CCc2cc(S(=O)(=O)N3CCN([C@H](c4ccccc4)c4ccc(Cl)cc4)CC3)ccc21. The van der Waals surface area contributed by atoms with E-state index in [0.717, 1.165) is 16.8 Å². The topological polar surface area (TPSA) is 60.9 Å². The maximum Gasteiger partial charge on any atom is 0.243 e. The summed E-state index contributed by atoms with van der Waals surface area (Å²) in [6.45, 7) is 4.19. The van der Waals surface area contributed by atoms with Gasteiger partial charge in [-0.05, 0) is 53.4 Å². The lowest BCUT2D eigenvalue weighted by Gasteiger charge is -2.39. The van der Waals surface area contributed by atoms with Gasteiger partial charge >= 0.3 is 0 Å². The Hall–Kier alpha value is -2.71. The lowest BCUT2D eigenvalue weighted by Crippen LogP contribution is -2.49. The number of hydrogen-bond acceptors (Lipinski definition) is 4. The van der Waals surface area contributed by atoms with Crippen LogP contribution in [0, 0.1) is 0 Å². The highest BCUT2D eigenvalue weighted by Crippen LogP contribution is 2.33. The monoisotopic (exact) mass is 509 g/mol. The summed E-state index contributed by atoms with van der Waals surface area (Å²) in [6, 6.07) is 23.3. The fourth-order valence-electron chi connectivity index (χ4n) is 5.11. The zero-order valence-electron chi connectivity index (χ0n) is 19.6. The van der Waals surface area contributed by atoms with Gasteiger partial charge in [0.2, 0.25) is 15.9 Å². The van der Waals surface area contributed by atoms with Crippen LogP contribution in [0.4, 0.5) is 5.69 Å². The zero-order valence-corrected chi connectivity index (χ0v) is 21.2. The fraction of sp³-hybridized carbons (Fsp3) is 0.296. The van der Waals surface area contributed by atoms with Crippen molar-refractivity contribution in [2.24, 2.45) is 0 Å². The van der Waals surface area contributed by atoms with Gasteiger partial charge in [-0.25, -0.2) is 8.42 Å². The molecule has 2 aliphatic rings. The number of nitrogens with zero attached hydrogens (tertiary/aromatic N) is 3. The van der Waals surface area contributed by atoms with Crippen LogP contribution >= 0.6 is 11.6 Å². The Balaban J connectivity index is 1.35. The molecule has 1 amide bonds. The van der Waals surface area contributed by atoms with Gasteiger partial charge in [0.15, 0.2) is 0 Å². The fourth-order valence-corrected chi connectivity index (χ4v) is 6.71. The van der Waals surface area contributed by atoms with Crippen LogP contribution in [0.25, 0.3) is 0 Å². The van der Waals surface area contributed by atoms with E-state index in [2.05, 4.69) is 17.0 Å². The summed E-state index contributed by atoms with van der Waals surface area (Å²) < 4.78 is 28.5. The van der Waals surface area contributed by atoms with Crippen LogP contribution in [0.3, 0.4) is 0 Å². The molecular weight excluding hydrogens is 482 g/mol. The van der Waals surface area contributed by atoms with Gasteiger partial charge in [-0.3, -0.25) is 9.69 Å². The lowest BCUT2D eigenvalue weighted by molar-refractivity contribution is -0.116. The molecule has 3 aromatic carbocycles. The number of amides is 1. The average Bonchev–Trinajstić information content (AvgIpc) is 3.30. The smallest absolute Gasteiger partial charge is 0.243 e. The molecule has 1 atom stereocenters. The third-order valence-corrected chi connectivity index (χ3v) is 9.05. The molecule has 0 unspecified atom stereocenters. The first-order chi connectivity index (χ1) is 16.8. The molecule has 182 valence electrons. The minimum atomic E-state index is -3.62. The van der Waals surface area contributed by atoms with E-state index >= 15 is 0 Å². The number of rotatable bonds is 5. The summed E-state index contributed by atoms with van der Waals surface area (Å²) in [5.41, 5.74) is 4.02. The molecule has 0 bridgehead atoms. The van der Waals surface area contributed by atoms with E-state index < -0.39 is 10.0 Å². The highest BCUT2D eigenvalue weighted by atomic mass is 35.5. The quantitative estimate of drug-likeness (QED) is 0.513. The number of piperazine rings is 1. The molecule has 8 heteroatoms. The highest BCUT2D eigenvalue weighted by Gasteiger charge is 2.33. The van der Waals surface area contributed by atoms with Crippen LogP contribution in [0.15, 0.2) is 77.7 Å². The molecule has 0 radical (unpaired) electrons. The molecule has 2 aliphatic heterocycles. The van der Waals surface area contributed by atoms with Gasteiger partial charge < -0.3 is 4.90 Å². The standard InChI is InChI=1S/C27H28ClN3O3S/c1-20(32)31-14-13-23-19-25(11-12-26(23)31)35(33,34)30-17-15-29(16-18-30)27(21-5-3-2-4-6-21)22-7-9-24(28)10-8-22/h2-12,19,27H,13-18H2,1H3/t27-/m1/s1. The lowest BCUT2D eigenvalue weighted by atomic mass is 9.96. The Morgan fingerprint density at radius 1 is 0.857 bits per heavy atom. The van der Waals surface area contributed by atoms with Crippen molar-refractivity contribution in [3.05, 3.63) is 94.5 Å². The van der Waals surface area contributed by atoms with Gasteiger partial charge in [-0.1, -0.05) is 54.1 Å². The van der Waals surface area contributed by atoms with Gasteiger partial charge in [-0.15, -0.1) is 0 Å². The summed E-state index contributed by atoms with van der Waals surface area (Å²) >= 11 is 6.13. The van der Waals surface area contributed by atoms with Gasteiger partial charge in [-0.2, -0.15) is 4.31 Å². The Labute approximate surface area is 211 Å². The van der Waals surface area contributed by atoms with E-state index in [4.69, 9.17) is 11.6 Å². The number of benzene rings is 3. The van der Waals surface area contributed by atoms with Crippen molar-refractivity contribution < 1.29 is 13.2 Å². The Bertz CT molecular complexity index is 1320. The maximum atomic E-state index is 13.5. The third kappa shape index (κ3) is 4.74. The maximum absolute atomic E-state index is 13.5. The van der Waals surface area contributed by atoms with E-state index in [0.29, 0.717) is 49.1 Å². The van der Waals surface area contributed by atoms with E-state index in [1.54, 1.807) is 27.4 Å². The molecule has 1 saturated heterocycles. The van der Waals surface area contributed by atoms with Crippen molar-refractivity contribution in [2.75, 3.05) is 37.6 Å². The minimum Gasteiger partial charge on any atom is -0.312 e. The van der Waals surface area contributed by atoms with Crippen molar-refractivity contribution in [2.45, 2.75) is 24.3 Å². The molecule has 1 fully saturated rings. The van der Waals surface area contributed by atoms with Crippen LogP contribution in [-0.2, 0) is 21.2 Å². The molecule has 0 aliphatic carbocycles. The predicted molar refractivity (Wildman–Crippen MR) is 138 cm³/mol. The van der Waals surface area contributed by atoms with Gasteiger partial charge in [0, 0.05) is 50.4 Å². The van der Waals surface area contributed by atoms with E-state index in [1.807, 2.05) is 42.5 Å². The predicted octanol–water partition coefficient (Wildman–Crippen LogP) is 4.34. The van der Waals surface area contributed by atoms with Crippen molar-refractivity contribution >= 4 is 33.2 Å². The number of carbonyl (C=O) groups is 1. The van der Waals surface area contributed by atoms with Gasteiger partial charge in [0.1, 0.15) is 0 Å². The summed E-state index contributed by atoms with van der Waals surface area (Å²) in [6.07, 6.45) is 0.673. The summed E-state index contributed by atoms with van der Waals surface area (Å²) in [7, 11) is -3.62. The first-order valence-electron chi connectivity index (χ1n) is 11.8. The highest BCUT2D eigenvalue weighted by molar-refractivity contribution is 7.89. The second-order valence-electron chi connectivity index (χ2n) is 9.02.